The number of alkyl carbamates (subject to hydrolysis) is 1. The molecule has 4 nitrogen and oxygen atoms in total. The van der Waals surface area contributed by atoms with Crippen LogP contribution in [0.2, 0.25) is 0 Å². The van der Waals surface area contributed by atoms with Gasteiger partial charge in [0.25, 0.3) is 0 Å². The molecular formula is C14H28N2O2. The first-order valence-corrected chi connectivity index (χ1v) is 7.13. The Morgan fingerprint density at radius 3 is 2.78 bits per heavy atom. The molecule has 1 unspecified atom stereocenters. The third-order valence-corrected chi connectivity index (χ3v) is 3.29. The highest BCUT2D eigenvalue weighted by atomic mass is 16.6. The van der Waals surface area contributed by atoms with Gasteiger partial charge in [0, 0.05) is 12.6 Å². The van der Waals surface area contributed by atoms with E-state index in [1.807, 2.05) is 20.8 Å². The summed E-state index contributed by atoms with van der Waals surface area (Å²) in [5.74, 6) is 0. The summed E-state index contributed by atoms with van der Waals surface area (Å²) in [4.78, 5) is 14.0. The number of hydrogen-bond donors (Lipinski definition) is 1. The van der Waals surface area contributed by atoms with E-state index in [1.165, 1.54) is 25.8 Å². The lowest BCUT2D eigenvalue weighted by Gasteiger charge is -2.23. The summed E-state index contributed by atoms with van der Waals surface area (Å²) in [6.07, 6.45) is 4.52. The number of carbonyl (C=O) groups excluding carboxylic acids is 1. The molecule has 0 radical (unpaired) electrons. The van der Waals surface area contributed by atoms with Crippen molar-refractivity contribution >= 4 is 6.09 Å². The largest absolute Gasteiger partial charge is 0.444 e. The topological polar surface area (TPSA) is 41.6 Å². The second-order valence-electron chi connectivity index (χ2n) is 6.00. The first kappa shape index (κ1) is 15.3. The maximum atomic E-state index is 11.4. The molecule has 0 bridgehead atoms. The maximum absolute atomic E-state index is 11.4. The predicted molar refractivity (Wildman–Crippen MR) is 73.7 cm³/mol. The van der Waals surface area contributed by atoms with Crippen molar-refractivity contribution in [3.8, 4) is 0 Å². The summed E-state index contributed by atoms with van der Waals surface area (Å²) in [6.45, 7) is 10.9. The van der Waals surface area contributed by atoms with Gasteiger partial charge in [0.1, 0.15) is 5.60 Å². The number of amides is 1. The summed E-state index contributed by atoms with van der Waals surface area (Å²) in [7, 11) is 0. The Kier molecular flexibility index (Phi) is 5.93. The molecular weight excluding hydrogens is 228 g/mol. The van der Waals surface area contributed by atoms with Crippen LogP contribution < -0.4 is 5.32 Å². The van der Waals surface area contributed by atoms with Gasteiger partial charge >= 0.3 is 6.09 Å². The standard InChI is InChI=1S/C14H28N2O2/c1-5-16-11-7-9-12(16)8-6-10-15-13(17)18-14(2,3)4/h12H,5-11H2,1-4H3,(H,15,17). The summed E-state index contributed by atoms with van der Waals surface area (Å²) in [5.41, 5.74) is -0.408. The van der Waals surface area contributed by atoms with Crippen molar-refractivity contribution in [1.29, 1.82) is 0 Å². The average Bonchev–Trinajstić information content (AvgIpc) is 2.69. The zero-order chi connectivity index (χ0) is 13.6. The first-order chi connectivity index (χ1) is 8.42. The average molecular weight is 256 g/mol. The smallest absolute Gasteiger partial charge is 0.407 e. The molecule has 1 aliphatic heterocycles. The molecule has 1 amide bonds. The molecule has 0 aromatic carbocycles. The van der Waals surface area contributed by atoms with Crippen LogP contribution in [-0.2, 0) is 4.74 Å². The van der Waals surface area contributed by atoms with Crippen LogP contribution in [-0.4, -0.2) is 42.3 Å². The molecule has 1 N–H and O–H groups in total. The van der Waals surface area contributed by atoms with E-state index in [0.717, 1.165) is 19.0 Å². The van der Waals surface area contributed by atoms with Gasteiger partial charge in [-0.05, 0) is 59.5 Å². The Balaban J connectivity index is 2.10. The van der Waals surface area contributed by atoms with Crippen molar-refractivity contribution in [3.63, 3.8) is 0 Å². The minimum absolute atomic E-state index is 0.304. The summed E-state index contributed by atoms with van der Waals surface area (Å²) >= 11 is 0. The monoisotopic (exact) mass is 256 g/mol. The van der Waals surface area contributed by atoms with Crippen molar-refractivity contribution in [3.05, 3.63) is 0 Å². The van der Waals surface area contributed by atoms with E-state index in [1.54, 1.807) is 0 Å². The molecule has 1 fully saturated rings. The molecule has 1 aliphatic rings. The third-order valence-electron chi connectivity index (χ3n) is 3.29. The van der Waals surface area contributed by atoms with Gasteiger partial charge in [0.15, 0.2) is 0 Å². The van der Waals surface area contributed by atoms with Crippen LogP contribution in [0.4, 0.5) is 4.79 Å². The van der Waals surface area contributed by atoms with Crippen LogP contribution in [0.1, 0.15) is 53.4 Å². The number of rotatable bonds is 5. The van der Waals surface area contributed by atoms with Gasteiger partial charge in [-0.3, -0.25) is 0 Å². The lowest BCUT2D eigenvalue weighted by molar-refractivity contribution is 0.0526. The second-order valence-corrected chi connectivity index (χ2v) is 6.00. The SMILES string of the molecule is CCN1CCCC1CCCNC(=O)OC(C)(C)C. The van der Waals surface area contributed by atoms with E-state index in [2.05, 4.69) is 17.1 Å². The Hall–Kier alpha value is -0.770. The number of nitrogens with zero attached hydrogens (tertiary/aromatic N) is 1. The zero-order valence-corrected chi connectivity index (χ0v) is 12.3. The lowest BCUT2D eigenvalue weighted by Crippen LogP contribution is -2.34. The molecule has 1 heterocycles. The summed E-state index contributed by atoms with van der Waals surface area (Å²) in [6, 6.07) is 0.718. The van der Waals surface area contributed by atoms with E-state index in [9.17, 15) is 4.79 Å². The molecule has 0 aromatic rings. The minimum atomic E-state index is -0.408. The molecule has 1 saturated heterocycles. The highest BCUT2D eigenvalue weighted by Gasteiger charge is 2.22. The van der Waals surface area contributed by atoms with Crippen LogP contribution in [0.15, 0.2) is 0 Å². The highest BCUT2D eigenvalue weighted by molar-refractivity contribution is 5.67. The zero-order valence-electron chi connectivity index (χ0n) is 12.3. The Morgan fingerprint density at radius 1 is 1.44 bits per heavy atom. The Bertz CT molecular complexity index is 261. The van der Waals surface area contributed by atoms with Gasteiger partial charge in [-0.15, -0.1) is 0 Å². The van der Waals surface area contributed by atoms with E-state index in [4.69, 9.17) is 4.74 Å². The van der Waals surface area contributed by atoms with Gasteiger partial charge in [0.2, 0.25) is 0 Å². The van der Waals surface area contributed by atoms with E-state index < -0.39 is 5.60 Å². The molecule has 0 aliphatic carbocycles. The van der Waals surface area contributed by atoms with Crippen molar-refractivity contribution in [2.75, 3.05) is 19.6 Å². The number of ether oxygens (including phenoxy) is 1. The van der Waals surface area contributed by atoms with Crippen molar-refractivity contribution in [1.82, 2.24) is 10.2 Å². The molecule has 1 rings (SSSR count). The number of carbonyl (C=O) groups is 1. The fraction of sp³-hybridized carbons (Fsp3) is 0.929. The van der Waals surface area contributed by atoms with Crippen LogP contribution in [0.5, 0.6) is 0 Å². The second kappa shape index (κ2) is 6.98. The fourth-order valence-corrected chi connectivity index (χ4v) is 2.48. The molecule has 18 heavy (non-hydrogen) atoms. The van der Waals surface area contributed by atoms with Crippen LogP contribution in [0, 0.1) is 0 Å². The minimum Gasteiger partial charge on any atom is -0.444 e. The molecule has 4 heteroatoms. The van der Waals surface area contributed by atoms with Crippen LogP contribution in [0.3, 0.4) is 0 Å². The Labute approximate surface area is 111 Å². The number of nitrogens with one attached hydrogen (secondary N) is 1. The quantitative estimate of drug-likeness (QED) is 0.769. The van der Waals surface area contributed by atoms with Crippen LogP contribution in [0.25, 0.3) is 0 Å². The number of hydrogen-bond acceptors (Lipinski definition) is 3. The van der Waals surface area contributed by atoms with Gasteiger partial charge < -0.3 is 15.0 Å². The molecule has 1 atom stereocenters. The third kappa shape index (κ3) is 5.71. The molecule has 0 spiro atoms. The Morgan fingerprint density at radius 2 is 2.17 bits per heavy atom. The maximum Gasteiger partial charge on any atom is 0.407 e. The number of likely N-dealkylation sites (tertiary alicyclic amines) is 1. The molecule has 106 valence electrons. The van der Waals surface area contributed by atoms with Crippen molar-refractivity contribution in [2.24, 2.45) is 0 Å². The molecule has 0 aromatic heterocycles. The van der Waals surface area contributed by atoms with Crippen LogP contribution >= 0.6 is 0 Å². The van der Waals surface area contributed by atoms with Crippen molar-refractivity contribution < 1.29 is 9.53 Å². The van der Waals surface area contributed by atoms with Gasteiger partial charge in [0.05, 0.1) is 0 Å². The predicted octanol–water partition coefficient (Wildman–Crippen LogP) is 2.78. The van der Waals surface area contributed by atoms with Crippen molar-refractivity contribution in [2.45, 2.75) is 65.0 Å². The summed E-state index contributed by atoms with van der Waals surface area (Å²) < 4.78 is 5.19. The normalized spacial score (nSPS) is 21.0. The van der Waals surface area contributed by atoms with Gasteiger partial charge in [-0.1, -0.05) is 6.92 Å². The molecule has 0 saturated carbocycles. The van der Waals surface area contributed by atoms with E-state index in [0.29, 0.717) is 6.54 Å². The van der Waals surface area contributed by atoms with Gasteiger partial charge in [-0.25, -0.2) is 4.79 Å². The first-order valence-electron chi connectivity index (χ1n) is 7.13. The highest BCUT2D eigenvalue weighted by Crippen LogP contribution is 2.20. The van der Waals surface area contributed by atoms with E-state index in [-0.39, 0.29) is 6.09 Å². The summed E-state index contributed by atoms with van der Waals surface area (Å²) in [5, 5.41) is 2.82. The van der Waals surface area contributed by atoms with E-state index >= 15 is 0 Å². The van der Waals surface area contributed by atoms with Gasteiger partial charge in [-0.2, -0.15) is 0 Å². The fourth-order valence-electron chi connectivity index (χ4n) is 2.48. The lowest BCUT2D eigenvalue weighted by atomic mass is 10.1.